The van der Waals surface area contributed by atoms with E-state index in [2.05, 4.69) is 0 Å². The molecule has 0 aromatic rings. The molecule has 0 N–H and O–H groups in total. The van der Waals surface area contributed by atoms with Crippen LogP contribution in [0.25, 0.3) is 0 Å². The second kappa shape index (κ2) is 2.86. The van der Waals surface area contributed by atoms with Crippen LogP contribution in [0.15, 0.2) is 0 Å². The molecule has 16 heavy (non-hydrogen) atoms. The predicted molar refractivity (Wildman–Crippen MR) is 53.7 cm³/mol. The maximum atomic E-state index is 12.2. The van der Waals surface area contributed by atoms with E-state index in [1.165, 1.54) is 0 Å². The van der Waals surface area contributed by atoms with Crippen molar-refractivity contribution < 1.29 is 19.0 Å². The fraction of sp³-hybridized carbons (Fsp3) is 0.917. The van der Waals surface area contributed by atoms with Gasteiger partial charge >= 0.3 is 0 Å². The van der Waals surface area contributed by atoms with Gasteiger partial charge < -0.3 is 14.2 Å². The van der Waals surface area contributed by atoms with Crippen molar-refractivity contribution in [1.82, 2.24) is 0 Å². The van der Waals surface area contributed by atoms with Crippen molar-refractivity contribution in [3.63, 3.8) is 0 Å². The van der Waals surface area contributed by atoms with Gasteiger partial charge in [0.1, 0.15) is 5.60 Å². The van der Waals surface area contributed by atoms with Crippen molar-refractivity contribution in [2.75, 3.05) is 7.11 Å². The van der Waals surface area contributed by atoms with E-state index in [1.807, 2.05) is 0 Å². The highest BCUT2D eigenvalue weighted by Crippen LogP contribution is 2.60. The zero-order valence-corrected chi connectivity index (χ0v) is 9.35. The summed E-state index contributed by atoms with van der Waals surface area (Å²) >= 11 is 0. The SMILES string of the molecule is CO[C@H]1O[C@@H]2CC(=O)[C@]34CCC[C@H]3[C@H]1[C@H]2O4. The third kappa shape index (κ3) is 0.869. The topological polar surface area (TPSA) is 44.8 Å². The van der Waals surface area contributed by atoms with Gasteiger partial charge in [0, 0.05) is 25.4 Å². The Balaban J connectivity index is 1.80. The molecule has 1 aliphatic carbocycles. The summed E-state index contributed by atoms with van der Waals surface area (Å²) in [5.41, 5.74) is -0.452. The molecule has 4 aliphatic rings. The lowest BCUT2D eigenvalue weighted by molar-refractivity contribution is -0.189. The lowest BCUT2D eigenvalue weighted by Crippen LogP contribution is -2.49. The lowest BCUT2D eigenvalue weighted by Gasteiger charge is -2.35. The Morgan fingerprint density at radius 3 is 3.19 bits per heavy atom. The standard InChI is InChI=1S/C12H16O4/c1-14-11-9-6-3-2-4-12(6)8(13)5-7(15-11)10(9)16-12/h6-7,9-11H,2-5H2,1H3/t6-,7+,9-,10-,11-,12-/m0/s1. The van der Waals surface area contributed by atoms with Crippen LogP contribution in [0.2, 0.25) is 0 Å². The first kappa shape index (κ1) is 9.57. The first-order chi connectivity index (χ1) is 7.76. The van der Waals surface area contributed by atoms with E-state index in [1.54, 1.807) is 7.11 Å². The van der Waals surface area contributed by atoms with Gasteiger partial charge in [-0.1, -0.05) is 0 Å². The monoisotopic (exact) mass is 224 g/mol. The number of carbonyl (C=O) groups excluding carboxylic acids is 1. The summed E-state index contributed by atoms with van der Waals surface area (Å²) in [7, 11) is 1.68. The van der Waals surface area contributed by atoms with Gasteiger partial charge in [0.25, 0.3) is 0 Å². The molecular formula is C12H16O4. The van der Waals surface area contributed by atoms with Crippen molar-refractivity contribution in [3.8, 4) is 0 Å². The van der Waals surface area contributed by atoms with Gasteiger partial charge in [0.05, 0.1) is 12.2 Å². The van der Waals surface area contributed by atoms with Crippen LogP contribution in [-0.2, 0) is 19.0 Å². The highest BCUT2D eigenvalue weighted by atomic mass is 16.7. The van der Waals surface area contributed by atoms with E-state index in [0.29, 0.717) is 12.3 Å². The van der Waals surface area contributed by atoms with Crippen LogP contribution in [0.4, 0.5) is 0 Å². The minimum absolute atomic E-state index is 0.0568. The average Bonchev–Trinajstić information content (AvgIpc) is 2.85. The molecule has 1 saturated carbocycles. The molecule has 0 amide bonds. The molecule has 88 valence electrons. The van der Waals surface area contributed by atoms with E-state index < -0.39 is 5.60 Å². The molecule has 0 aromatic carbocycles. The van der Waals surface area contributed by atoms with Crippen LogP contribution >= 0.6 is 0 Å². The number of rotatable bonds is 1. The van der Waals surface area contributed by atoms with E-state index in [-0.39, 0.29) is 30.2 Å². The molecule has 2 bridgehead atoms. The van der Waals surface area contributed by atoms with Gasteiger partial charge in [-0.25, -0.2) is 0 Å². The van der Waals surface area contributed by atoms with Crippen molar-refractivity contribution in [2.24, 2.45) is 11.8 Å². The number of Topliss-reactive ketones (excluding diaryl/α,β-unsaturated/α-hetero) is 1. The van der Waals surface area contributed by atoms with E-state index >= 15 is 0 Å². The van der Waals surface area contributed by atoms with Gasteiger partial charge in [-0.3, -0.25) is 4.79 Å². The number of methoxy groups -OCH3 is 1. The molecule has 0 unspecified atom stereocenters. The molecule has 6 atom stereocenters. The van der Waals surface area contributed by atoms with Gasteiger partial charge in [-0.05, 0) is 19.3 Å². The summed E-state index contributed by atoms with van der Waals surface area (Å²) < 4.78 is 17.3. The minimum atomic E-state index is -0.452. The van der Waals surface area contributed by atoms with Gasteiger partial charge in [-0.15, -0.1) is 0 Å². The summed E-state index contributed by atoms with van der Waals surface area (Å²) in [4.78, 5) is 12.2. The molecule has 3 heterocycles. The Kier molecular flexibility index (Phi) is 1.71. The minimum Gasteiger partial charge on any atom is -0.360 e. The summed E-state index contributed by atoms with van der Waals surface area (Å²) in [5.74, 6) is 0.889. The highest BCUT2D eigenvalue weighted by molar-refractivity contribution is 5.90. The number of hydrogen-bond donors (Lipinski definition) is 0. The first-order valence-electron chi connectivity index (χ1n) is 6.15. The molecular weight excluding hydrogens is 208 g/mol. The maximum absolute atomic E-state index is 12.2. The first-order valence-corrected chi connectivity index (χ1v) is 6.15. The van der Waals surface area contributed by atoms with Crippen molar-refractivity contribution in [2.45, 2.75) is 49.8 Å². The average molecular weight is 224 g/mol. The zero-order chi connectivity index (χ0) is 10.9. The smallest absolute Gasteiger partial charge is 0.167 e. The Morgan fingerprint density at radius 2 is 2.38 bits per heavy atom. The van der Waals surface area contributed by atoms with Gasteiger partial charge in [0.2, 0.25) is 0 Å². The van der Waals surface area contributed by atoms with Gasteiger partial charge in [0.15, 0.2) is 12.1 Å². The van der Waals surface area contributed by atoms with E-state index in [9.17, 15) is 4.79 Å². The number of fused-ring (bicyclic) bond motifs is 1. The summed E-state index contributed by atoms with van der Waals surface area (Å²) in [5, 5.41) is 0. The van der Waals surface area contributed by atoms with Crippen LogP contribution in [-0.4, -0.2) is 37.0 Å². The van der Waals surface area contributed by atoms with Crippen molar-refractivity contribution in [3.05, 3.63) is 0 Å². The van der Waals surface area contributed by atoms with Crippen LogP contribution in [0.1, 0.15) is 25.7 Å². The maximum Gasteiger partial charge on any atom is 0.167 e. The Labute approximate surface area is 94.2 Å². The third-order valence-corrected chi connectivity index (χ3v) is 4.93. The van der Waals surface area contributed by atoms with Crippen LogP contribution in [0, 0.1) is 11.8 Å². The van der Waals surface area contributed by atoms with Crippen LogP contribution < -0.4 is 0 Å². The molecule has 4 nitrogen and oxygen atoms in total. The normalized spacial score (nSPS) is 58.1. The Hall–Kier alpha value is -0.450. The molecule has 3 aliphatic heterocycles. The number of ether oxygens (including phenoxy) is 3. The molecule has 0 aromatic heterocycles. The molecule has 3 saturated heterocycles. The second-order valence-electron chi connectivity index (χ2n) is 5.45. The fourth-order valence-electron chi connectivity index (χ4n) is 4.36. The highest BCUT2D eigenvalue weighted by Gasteiger charge is 2.70. The predicted octanol–water partition coefficient (Wildman–Crippen LogP) is 0.884. The van der Waals surface area contributed by atoms with Crippen LogP contribution in [0.3, 0.4) is 0 Å². The van der Waals surface area contributed by atoms with Crippen molar-refractivity contribution >= 4 is 5.78 Å². The van der Waals surface area contributed by atoms with Gasteiger partial charge in [-0.2, -0.15) is 0 Å². The molecule has 4 heteroatoms. The molecule has 4 rings (SSSR count). The van der Waals surface area contributed by atoms with E-state index in [0.717, 1.165) is 19.3 Å². The molecule has 4 fully saturated rings. The Bertz CT molecular complexity index is 355. The summed E-state index contributed by atoms with van der Waals surface area (Å²) in [6.45, 7) is 0. The molecule has 0 radical (unpaired) electrons. The Morgan fingerprint density at radius 1 is 1.50 bits per heavy atom. The zero-order valence-electron chi connectivity index (χ0n) is 9.35. The summed E-state index contributed by atoms with van der Waals surface area (Å²) in [6.07, 6.45) is 3.51. The fourth-order valence-corrected chi connectivity index (χ4v) is 4.36. The third-order valence-electron chi connectivity index (χ3n) is 4.93. The van der Waals surface area contributed by atoms with Crippen LogP contribution in [0.5, 0.6) is 0 Å². The quantitative estimate of drug-likeness (QED) is 0.663. The number of hydrogen-bond acceptors (Lipinski definition) is 4. The lowest BCUT2D eigenvalue weighted by atomic mass is 9.81. The number of ketones is 1. The van der Waals surface area contributed by atoms with Crippen molar-refractivity contribution in [1.29, 1.82) is 0 Å². The largest absolute Gasteiger partial charge is 0.360 e. The molecule has 1 spiro atoms. The van der Waals surface area contributed by atoms with E-state index in [4.69, 9.17) is 14.2 Å². The summed E-state index contributed by atoms with van der Waals surface area (Å²) in [6, 6.07) is 0. The second-order valence-corrected chi connectivity index (χ2v) is 5.45. The number of carbonyl (C=O) groups is 1.